The molecule has 2 aromatic carbocycles. The number of piperidine rings is 1. The molecule has 2 amide bonds. The topological polar surface area (TPSA) is 89.9 Å². The molecule has 1 N–H and O–H groups in total. The number of hydrogen-bond acceptors (Lipinski definition) is 5. The van der Waals surface area contributed by atoms with E-state index in [-0.39, 0.29) is 31.2 Å². The van der Waals surface area contributed by atoms with Crippen molar-refractivity contribution < 1.29 is 23.9 Å². The first kappa shape index (κ1) is 22.0. The van der Waals surface area contributed by atoms with E-state index in [2.05, 4.69) is 5.32 Å². The second-order valence-electron chi connectivity index (χ2n) is 8.67. The Labute approximate surface area is 197 Å². The molecule has 1 saturated heterocycles. The predicted octanol–water partition coefficient (Wildman–Crippen LogP) is 2.79. The minimum Gasteiger partial charge on any atom is -0.486 e. The number of hydrogen-bond donors (Lipinski definition) is 1. The van der Waals surface area contributed by atoms with Crippen LogP contribution < -0.4 is 14.8 Å². The van der Waals surface area contributed by atoms with Crippen LogP contribution in [0.2, 0.25) is 0 Å². The molecule has 0 spiro atoms. The summed E-state index contributed by atoms with van der Waals surface area (Å²) in [6, 6.07) is 14.7. The maximum atomic E-state index is 13.0. The Morgan fingerprint density at radius 3 is 2.50 bits per heavy atom. The second-order valence-corrected chi connectivity index (χ2v) is 8.67. The van der Waals surface area contributed by atoms with Gasteiger partial charge in [0, 0.05) is 30.2 Å². The largest absolute Gasteiger partial charge is 0.486 e. The van der Waals surface area contributed by atoms with Gasteiger partial charge in [0.25, 0.3) is 11.7 Å². The standard InChI is InChI=1S/C26H27N3O5/c30-24(28-12-6-1-7-13-28)16-29-15-20(19-8-2-3-9-21(19)29)25(31)26(32)27-14-18-17-33-22-10-4-5-11-23(22)34-18/h2-5,8-11,15,18H,1,6-7,12-14,16-17H2,(H,27,32). The Hall–Kier alpha value is -3.81. The van der Waals surface area contributed by atoms with Gasteiger partial charge in [-0.15, -0.1) is 0 Å². The lowest BCUT2D eigenvalue weighted by Gasteiger charge is -2.27. The van der Waals surface area contributed by atoms with E-state index in [4.69, 9.17) is 9.47 Å². The molecule has 1 fully saturated rings. The minimum atomic E-state index is -0.715. The zero-order chi connectivity index (χ0) is 23.5. The van der Waals surface area contributed by atoms with Crippen LogP contribution in [0.15, 0.2) is 54.7 Å². The van der Waals surface area contributed by atoms with Crippen LogP contribution in [0.4, 0.5) is 0 Å². The fraction of sp³-hybridized carbons (Fsp3) is 0.346. The smallest absolute Gasteiger partial charge is 0.292 e. The van der Waals surface area contributed by atoms with Crippen molar-refractivity contribution in [3.63, 3.8) is 0 Å². The lowest BCUT2D eigenvalue weighted by atomic mass is 10.1. The van der Waals surface area contributed by atoms with Crippen LogP contribution in [-0.2, 0) is 16.1 Å². The third kappa shape index (κ3) is 4.48. The number of carbonyl (C=O) groups is 3. The molecule has 3 aromatic rings. The maximum absolute atomic E-state index is 13.0. The monoisotopic (exact) mass is 461 g/mol. The third-order valence-electron chi connectivity index (χ3n) is 6.31. The molecule has 0 saturated carbocycles. The first-order chi connectivity index (χ1) is 16.6. The third-order valence-corrected chi connectivity index (χ3v) is 6.31. The summed E-state index contributed by atoms with van der Waals surface area (Å²) >= 11 is 0. The van der Waals surface area contributed by atoms with Crippen molar-refractivity contribution in [2.45, 2.75) is 31.9 Å². The quantitative estimate of drug-likeness (QED) is 0.450. The van der Waals surface area contributed by atoms with Gasteiger partial charge in [0.15, 0.2) is 11.5 Å². The van der Waals surface area contributed by atoms with Crippen LogP contribution in [0.3, 0.4) is 0 Å². The summed E-state index contributed by atoms with van der Waals surface area (Å²) < 4.78 is 13.3. The Kier molecular flexibility index (Phi) is 6.20. The van der Waals surface area contributed by atoms with Crippen LogP contribution in [0, 0.1) is 0 Å². The number of likely N-dealkylation sites (tertiary alicyclic amines) is 1. The van der Waals surface area contributed by atoms with E-state index in [1.54, 1.807) is 22.9 Å². The molecule has 8 nitrogen and oxygen atoms in total. The van der Waals surface area contributed by atoms with Crippen molar-refractivity contribution in [2.24, 2.45) is 0 Å². The molecular weight excluding hydrogens is 434 g/mol. The van der Waals surface area contributed by atoms with Gasteiger partial charge in [0.2, 0.25) is 5.91 Å². The molecular formula is C26H27N3O5. The number of para-hydroxylation sites is 3. The molecule has 1 aromatic heterocycles. The first-order valence-electron chi connectivity index (χ1n) is 11.7. The van der Waals surface area contributed by atoms with Gasteiger partial charge in [0.1, 0.15) is 19.3 Å². The van der Waals surface area contributed by atoms with Crippen molar-refractivity contribution in [1.29, 1.82) is 0 Å². The summed E-state index contributed by atoms with van der Waals surface area (Å²) in [5.74, 6) is -0.0577. The van der Waals surface area contributed by atoms with E-state index >= 15 is 0 Å². The number of benzene rings is 2. The molecule has 0 aliphatic carbocycles. The molecule has 176 valence electrons. The highest BCUT2D eigenvalue weighted by Gasteiger charge is 2.26. The number of ether oxygens (including phenoxy) is 2. The van der Waals surface area contributed by atoms with Crippen molar-refractivity contribution in [1.82, 2.24) is 14.8 Å². The summed E-state index contributed by atoms with van der Waals surface area (Å²) in [7, 11) is 0. The minimum absolute atomic E-state index is 0.0265. The number of carbonyl (C=O) groups excluding carboxylic acids is 3. The summed E-state index contributed by atoms with van der Waals surface area (Å²) in [5, 5.41) is 3.32. The van der Waals surface area contributed by atoms with E-state index in [1.165, 1.54) is 0 Å². The summed E-state index contributed by atoms with van der Waals surface area (Å²) in [4.78, 5) is 40.4. The van der Waals surface area contributed by atoms with Gasteiger partial charge in [-0.05, 0) is 37.5 Å². The normalized spacial score (nSPS) is 17.4. The van der Waals surface area contributed by atoms with Gasteiger partial charge >= 0.3 is 0 Å². The molecule has 1 atom stereocenters. The number of fused-ring (bicyclic) bond motifs is 2. The van der Waals surface area contributed by atoms with Crippen LogP contribution >= 0.6 is 0 Å². The Morgan fingerprint density at radius 1 is 0.941 bits per heavy atom. The van der Waals surface area contributed by atoms with Gasteiger partial charge in [-0.2, -0.15) is 0 Å². The molecule has 8 heteroatoms. The molecule has 34 heavy (non-hydrogen) atoms. The highest BCUT2D eigenvalue weighted by atomic mass is 16.6. The highest BCUT2D eigenvalue weighted by molar-refractivity contribution is 6.45. The van der Waals surface area contributed by atoms with Gasteiger partial charge < -0.3 is 24.3 Å². The average Bonchev–Trinajstić information content (AvgIpc) is 3.25. The van der Waals surface area contributed by atoms with Gasteiger partial charge in [0.05, 0.1) is 12.1 Å². The Balaban J connectivity index is 1.27. The lowest BCUT2D eigenvalue weighted by Crippen LogP contribution is -2.42. The molecule has 5 rings (SSSR count). The van der Waals surface area contributed by atoms with Crippen LogP contribution in [0.25, 0.3) is 10.9 Å². The van der Waals surface area contributed by atoms with E-state index in [0.717, 1.165) is 37.9 Å². The molecule has 0 radical (unpaired) electrons. The van der Waals surface area contributed by atoms with E-state index in [0.29, 0.717) is 16.9 Å². The Morgan fingerprint density at radius 2 is 1.68 bits per heavy atom. The second kappa shape index (κ2) is 9.59. The molecule has 1 unspecified atom stereocenters. The van der Waals surface area contributed by atoms with Crippen molar-refractivity contribution >= 4 is 28.5 Å². The average molecular weight is 462 g/mol. The number of rotatable bonds is 6. The number of ketones is 1. The summed E-state index contributed by atoms with van der Waals surface area (Å²) in [6.07, 6.45) is 4.40. The van der Waals surface area contributed by atoms with E-state index < -0.39 is 17.8 Å². The molecule has 0 bridgehead atoms. The SMILES string of the molecule is O=C(NCC1COc2ccccc2O1)C(=O)c1cn(CC(=O)N2CCCCC2)c2ccccc12. The van der Waals surface area contributed by atoms with E-state index in [9.17, 15) is 14.4 Å². The van der Waals surface area contributed by atoms with Crippen LogP contribution in [0.1, 0.15) is 29.6 Å². The summed E-state index contributed by atoms with van der Waals surface area (Å²) in [5.41, 5.74) is 1.04. The highest BCUT2D eigenvalue weighted by Crippen LogP contribution is 2.30. The molecule has 3 heterocycles. The molecule has 2 aliphatic heterocycles. The summed E-state index contributed by atoms with van der Waals surface area (Å²) in [6.45, 7) is 2.10. The number of aromatic nitrogens is 1. The zero-order valence-electron chi connectivity index (χ0n) is 18.9. The predicted molar refractivity (Wildman–Crippen MR) is 126 cm³/mol. The maximum Gasteiger partial charge on any atom is 0.292 e. The fourth-order valence-electron chi connectivity index (χ4n) is 4.52. The first-order valence-corrected chi connectivity index (χ1v) is 11.7. The zero-order valence-corrected chi connectivity index (χ0v) is 18.9. The van der Waals surface area contributed by atoms with Crippen molar-refractivity contribution in [2.75, 3.05) is 26.2 Å². The number of nitrogens with one attached hydrogen (secondary N) is 1. The van der Waals surface area contributed by atoms with Gasteiger partial charge in [-0.3, -0.25) is 14.4 Å². The van der Waals surface area contributed by atoms with Gasteiger partial charge in [-0.1, -0.05) is 30.3 Å². The molecule has 2 aliphatic rings. The number of amides is 2. The van der Waals surface area contributed by atoms with Crippen LogP contribution in [0.5, 0.6) is 11.5 Å². The van der Waals surface area contributed by atoms with Crippen molar-refractivity contribution in [3.8, 4) is 11.5 Å². The fourth-order valence-corrected chi connectivity index (χ4v) is 4.52. The Bertz CT molecular complexity index is 1230. The van der Waals surface area contributed by atoms with Crippen molar-refractivity contribution in [3.05, 3.63) is 60.3 Å². The van der Waals surface area contributed by atoms with E-state index in [1.807, 2.05) is 41.3 Å². The van der Waals surface area contributed by atoms with Gasteiger partial charge in [-0.25, -0.2) is 0 Å². The number of Topliss-reactive ketones (excluding diaryl/α,β-unsaturated/α-hetero) is 1. The van der Waals surface area contributed by atoms with Crippen LogP contribution in [-0.4, -0.2) is 59.4 Å². The lowest BCUT2D eigenvalue weighted by molar-refractivity contribution is -0.132. The number of nitrogens with zero attached hydrogens (tertiary/aromatic N) is 2.